The van der Waals surface area contributed by atoms with Crippen LogP contribution in [0, 0.1) is 11.6 Å². The molecule has 5 rings (SSSR count). The molecule has 1 aliphatic heterocycles. The highest BCUT2D eigenvalue weighted by Crippen LogP contribution is 2.30. The van der Waals surface area contributed by atoms with Crippen LogP contribution in [0.5, 0.6) is 0 Å². The number of pyridine rings is 1. The van der Waals surface area contributed by atoms with Crippen LogP contribution in [0.3, 0.4) is 0 Å². The Morgan fingerprint density at radius 1 is 0.972 bits per heavy atom. The van der Waals surface area contributed by atoms with E-state index in [-0.39, 0.29) is 10.6 Å². The van der Waals surface area contributed by atoms with Crippen LogP contribution in [0.15, 0.2) is 59.9 Å². The minimum Gasteiger partial charge on any atom is -0.299 e. The third-order valence-corrected chi connectivity index (χ3v) is 8.77. The van der Waals surface area contributed by atoms with Gasteiger partial charge in [0, 0.05) is 17.5 Å². The fraction of sp³-hybridized carbons (Fsp3) is 0.333. The summed E-state index contributed by atoms with van der Waals surface area (Å²) in [4.78, 5) is 6.41. The molecule has 1 aliphatic rings. The van der Waals surface area contributed by atoms with Gasteiger partial charge in [-0.05, 0) is 87.3 Å². The number of halogens is 2. The van der Waals surface area contributed by atoms with Gasteiger partial charge in [0.2, 0.25) is 0 Å². The topological polar surface area (TPSA) is 68.1 Å². The van der Waals surface area contributed by atoms with Crippen molar-refractivity contribution in [1.29, 1.82) is 0 Å². The monoisotopic (exact) mass is 510 g/mol. The Balaban J connectivity index is 1.46. The van der Waals surface area contributed by atoms with Gasteiger partial charge >= 0.3 is 0 Å². The molecule has 188 valence electrons. The highest BCUT2D eigenvalue weighted by atomic mass is 32.2. The van der Waals surface area contributed by atoms with Crippen LogP contribution in [0.1, 0.15) is 38.7 Å². The summed E-state index contributed by atoms with van der Waals surface area (Å²) in [5.41, 5.74) is 2.88. The van der Waals surface area contributed by atoms with Crippen molar-refractivity contribution in [3.63, 3.8) is 0 Å². The Kier molecular flexibility index (Phi) is 6.61. The van der Waals surface area contributed by atoms with Crippen molar-refractivity contribution < 1.29 is 17.2 Å². The van der Waals surface area contributed by atoms with Crippen molar-refractivity contribution in [2.24, 2.45) is 0 Å². The molecule has 0 bridgehead atoms. The van der Waals surface area contributed by atoms with Gasteiger partial charge < -0.3 is 0 Å². The Morgan fingerprint density at radius 3 is 2.44 bits per heavy atom. The van der Waals surface area contributed by atoms with Gasteiger partial charge in [-0.2, -0.15) is 5.10 Å². The zero-order valence-corrected chi connectivity index (χ0v) is 21.1. The fourth-order valence-electron chi connectivity index (χ4n) is 4.64. The molecule has 0 aliphatic carbocycles. The maximum Gasteiger partial charge on any atom is 0.197 e. The summed E-state index contributed by atoms with van der Waals surface area (Å²) in [6, 6.07) is 11.5. The lowest BCUT2D eigenvalue weighted by atomic mass is 10.00. The van der Waals surface area contributed by atoms with E-state index in [0.717, 1.165) is 42.4 Å². The third kappa shape index (κ3) is 4.65. The summed E-state index contributed by atoms with van der Waals surface area (Å²) in [5.74, 6) is -1.71. The maximum absolute atomic E-state index is 14.8. The standard InChI is InChI=1S/C27H28F2N4O2S/c1-18(2)36(34,35)26-9-7-22(16-30-26)33-25-8-6-20(14-21(25)15-31-33)23-12-19(13-24(28)27(23)29)17-32-10-4-3-5-11-32/h6-9,12-16,18H,3-5,10-11,17H2,1-2H3. The van der Waals surface area contributed by atoms with E-state index in [0.29, 0.717) is 17.8 Å². The minimum atomic E-state index is -3.47. The molecular weight excluding hydrogens is 482 g/mol. The van der Waals surface area contributed by atoms with E-state index < -0.39 is 26.7 Å². The van der Waals surface area contributed by atoms with Crippen LogP contribution in [0.2, 0.25) is 0 Å². The van der Waals surface area contributed by atoms with Crippen molar-refractivity contribution >= 4 is 20.7 Å². The zero-order chi connectivity index (χ0) is 25.4. The first-order valence-electron chi connectivity index (χ1n) is 12.1. The van der Waals surface area contributed by atoms with Gasteiger partial charge in [0.15, 0.2) is 26.5 Å². The van der Waals surface area contributed by atoms with Crippen molar-refractivity contribution in [3.8, 4) is 16.8 Å². The molecule has 2 aromatic heterocycles. The van der Waals surface area contributed by atoms with Crippen molar-refractivity contribution in [2.45, 2.75) is 49.9 Å². The molecule has 0 atom stereocenters. The van der Waals surface area contributed by atoms with Crippen molar-refractivity contribution in [2.75, 3.05) is 13.1 Å². The molecule has 0 radical (unpaired) electrons. The largest absolute Gasteiger partial charge is 0.299 e. The summed E-state index contributed by atoms with van der Waals surface area (Å²) in [7, 11) is -3.47. The molecule has 2 aromatic carbocycles. The molecule has 0 unspecified atom stereocenters. The van der Waals surface area contributed by atoms with E-state index in [2.05, 4.69) is 15.0 Å². The van der Waals surface area contributed by atoms with Crippen molar-refractivity contribution in [3.05, 3.63) is 72.1 Å². The predicted octanol–water partition coefficient (Wildman–Crippen LogP) is 5.53. The summed E-state index contributed by atoms with van der Waals surface area (Å²) in [6.45, 7) is 5.76. The molecule has 6 nitrogen and oxygen atoms in total. The Morgan fingerprint density at radius 2 is 1.75 bits per heavy atom. The number of benzene rings is 2. The highest BCUT2D eigenvalue weighted by Gasteiger charge is 2.21. The molecule has 0 spiro atoms. The Labute approximate surface area is 209 Å². The summed E-state index contributed by atoms with van der Waals surface area (Å²) >= 11 is 0. The van der Waals surface area contributed by atoms with Crippen LogP contribution in [-0.4, -0.2) is 46.4 Å². The van der Waals surface area contributed by atoms with E-state index in [1.165, 1.54) is 24.8 Å². The second-order valence-corrected chi connectivity index (χ2v) is 12.0. The van der Waals surface area contributed by atoms with Crippen LogP contribution in [-0.2, 0) is 16.4 Å². The second kappa shape index (κ2) is 9.71. The van der Waals surface area contributed by atoms with Gasteiger partial charge in [-0.15, -0.1) is 0 Å². The third-order valence-electron chi connectivity index (χ3n) is 6.70. The molecule has 4 aromatic rings. The molecule has 0 N–H and O–H groups in total. The van der Waals surface area contributed by atoms with Gasteiger partial charge in [0.05, 0.1) is 28.8 Å². The first-order chi connectivity index (χ1) is 17.2. The first kappa shape index (κ1) is 24.5. The molecule has 1 fully saturated rings. The molecular formula is C27H28F2N4O2S. The molecule has 1 saturated heterocycles. The average Bonchev–Trinajstić information content (AvgIpc) is 3.30. The number of piperidine rings is 1. The number of hydrogen-bond acceptors (Lipinski definition) is 5. The van der Waals surface area contributed by atoms with Crippen LogP contribution in [0.4, 0.5) is 8.78 Å². The van der Waals surface area contributed by atoms with E-state index in [9.17, 15) is 17.2 Å². The van der Waals surface area contributed by atoms with Crippen molar-refractivity contribution in [1.82, 2.24) is 19.7 Å². The zero-order valence-electron chi connectivity index (χ0n) is 20.3. The van der Waals surface area contributed by atoms with Crippen LogP contribution >= 0.6 is 0 Å². The minimum absolute atomic E-state index is 0.0157. The number of hydrogen-bond donors (Lipinski definition) is 0. The molecule has 9 heteroatoms. The quantitative estimate of drug-likeness (QED) is 0.341. The number of nitrogens with zero attached hydrogens (tertiary/aromatic N) is 4. The van der Waals surface area contributed by atoms with Crippen LogP contribution in [0.25, 0.3) is 27.7 Å². The average molecular weight is 511 g/mol. The van der Waals surface area contributed by atoms with Gasteiger partial charge in [-0.3, -0.25) is 4.90 Å². The smallest absolute Gasteiger partial charge is 0.197 e. The first-order valence-corrected chi connectivity index (χ1v) is 13.7. The summed E-state index contributed by atoms with van der Waals surface area (Å²) < 4.78 is 55.7. The number of fused-ring (bicyclic) bond motifs is 1. The number of aromatic nitrogens is 3. The Hall–Kier alpha value is -3.17. The number of sulfone groups is 1. The molecule has 0 amide bonds. The summed E-state index contributed by atoms with van der Waals surface area (Å²) in [5, 5.41) is 4.61. The van der Waals surface area contributed by atoms with E-state index >= 15 is 0 Å². The number of rotatable bonds is 6. The Bertz CT molecular complexity index is 1510. The maximum atomic E-state index is 14.8. The molecule has 36 heavy (non-hydrogen) atoms. The normalized spacial score (nSPS) is 15.1. The lowest BCUT2D eigenvalue weighted by molar-refractivity contribution is 0.220. The molecule has 0 saturated carbocycles. The summed E-state index contributed by atoms with van der Waals surface area (Å²) in [6.07, 6.45) is 6.58. The second-order valence-electron chi connectivity index (χ2n) is 9.55. The predicted molar refractivity (Wildman–Crippen MR) is 136 cm³/mol. The van der Waals surface area contributed by atoms with Crippen LogP contribution < -0.4 is 0 Å². The number of likely N-dealkylation sites (tertiary alicyclic amines) is 1. The SMILES string of the molecule is CC(C)S(=O)(=O)c1ccc(-n2ncc3cc(-c4cc(CN5CCCCC5)cc(F)c4F)ccc32)cn1. The van der Waals surface area contributed by atoms with E-state index in [1.54, 1.807) is 55.1 Å². The fourth-order valence-corrected chi connectivity index (χ4v) is 5.58. The molecule has 3 heterocycles. The highest BCUT2D eigenvalue weighted by molar-refractivity contribution is 7.91. The van der Waals surface area contributed by atoms with Gasteiger partial charge in [-0.1, -0.05) is 12.5 Å². The lowest BCUT2D eigenvalue weighted by Crippen LogP contribution is -2.29. The van der Waals surface area contributed by atoms with E-state index in [4.69, 9.17) is 0 Å². The van der Waals surface area contributed by atoms with Gasteiger partial charge in [-0.25, -0.2) is 26.9 Å². The lowest BCUT2D eigenvalue weighted by Gasteiger charge is -2.26. The van der Waals surface area contributed by atoms with Gasteiger partial charge in [0.1, 0.15) is 0 Å². The van der Waals surface area contributed by atoms with E-state index in [1.807, 2.05) is 0 Å². The van der Waals surface area contributed by atoms with Gasteiger partial charge in [0.25, 0.3) is 0 Å².